The van der Waals surface area contributed by atoms with Crippen LogP contribution in [0.3, 0.4) is 0 Å². The van der Waals surface area contributed by atoms with Crippen molar-refractivity contribution >= 4 is 11.6 Å². The second kappa shape index (κ2) is 4.85. The summed E-state index contributed by atoms with van der Waals surface area (Å²) in [5.41, 5.74) is 1.46. The molecule has 1 atom stereocenters. The highest BCUT2D eigenvalue weighted by Gasteiger charge is 2.33. The van der Waals surface area contributed by atoms with Crippen molar-refractivity contribution < 1.29 is 14.7 Å². The van der Waals surface area contributed by atoms with Gasteiger partial charge in [0.2, 0.25) is 0 Å². The molecule has 0 radical (unpaired) electrons. The van der Waals surface area contributed by atoms with Crippen LogP contribution in [0.4, 0.5) is 5.69 Å². The smallest absolute Gasteiger partial charge is 0.253 e. The highest BCUT2D eigenvalue weighted by Crippen LogP contribution is 2.27. The first-order chi connectivity index (χ1) is 8.11. The van der Waals surface area contributed by atoms with Gasteiger partial charge in [-0.25, -0.2) is 0 Å². The Morgan fingerprint density at radius 1 is 1.53 bits per heavy atom. The van der Waals surface area contributed by atoms with E-state index in [1.807, 2.05) is 19.9 Å². The van der Waals surface area contributed by atoms with Crippen molar-refractivity contribution in [2.24, 2.45) is 5.92 Å². The normalized spacial score (nSPS) is 20.4. The molecule has 1 heterocycles. The average molecular weight is 235 g/mol. The third kappa shape index (κ3) is 2.48. The number of rotatable bonds is 3. The minimum Gasteiger partial charge on any atom is -0.392 e. The van der Waals surface area contributed by atoms with Crippen LogP contribution in [0.15, 0.2) is 24.3 Å². The van der Waals surface area contributed by atoms with Gasteiger partial charge in [0.1, 0.15) is 0 Å². The minimum absolute atomic E-state index is 0.0289. The zero-order valence-corrected chi connectivity index (χ0v) is 10.1. The van der Waals surface area contributed by atoms with E-state index in [-0.39, 0.29) is 18.6 Å². The molecule has 17 heavy (non-hydrogen) atoms. The monoisotopic (exact) mass is 235 g/mol. The summed E-state index contributed by atoms with van der Waals surface area (Å²) in [6.07, 6.45) is 0.362. The number of nitrogens with zero attached hydrogens (tertiary/aromatic N) is 1. The van der Waals surface area contributed by atoms with Crippen molar-refractivity contribution in [2.75, 3.05) is 5.06 Å². The quantitative estimate of drug-likeness (QED) is 0.870. The third-order valence-corrected chi connectivity index (χ3v) is 2.91. The number of hydrogen-bond acceptors (Lipinski definition) is 3. The molecular weight excluding hydrogens is 218 g/mol. The molecular formula is C13H17NO3. The molecule has 0 saturated carbocycles. The number of hydroxylamine groups is 1. The van der Waals surface area contributed by atoms with Crippen LogP contribution in [-0.4, -0.2) is 17.1 Å². The first kappa shape index (κ1) is 12.1. The van der Waals surface area contributed by atoms with Crippen molar-refractivity contribution in [2.45, 2.75) is 33.0 Å². The van der Waals surface area contributed by atoms with E-state index < -0.39 is 0 Å². The third-order valence-electron chi connectivity index (χ3n) is 2.91. The molecule has 0 spiro atoms. The number of hydrogen-bond donors (Lipinski definition) is 1. The van der Waals surface area contributed by atoms with Crippen LogP contribution in [0.25, 0.3) is 0 Å². The molecule has 1 saturated heterocycles. The zero-order valence-electron chi connectivity index (χ0n) is 10.1. The maximum Gasteiger partial charge on any atom is 0.253 e. The molecule has 92 valence electrons. The number of carbonyl (C=O) groups excluding carboxylic acids is 1. The van der Waals surface area contributed by atoms with Gasteiger partial charge in [0.25, 0.3) is 5.91 Å². The maximum atomic E-state index is 11.8. The van der Waals surface area contributed by atoms with E-state index in [0.29, 0.717) is 18.0 Å². The van der Waals surface area contributed by atoms with E-state index in [1.54, 1.807) is 18.2 Å². The van der Waals surface area contributed by atoms with E-state index >= 15 is 0 Å². The second-order valence-electron chi connectivity index (χ2n) is 4.61. The van der Waals surface area contributed by atoms with E-state index in [4.69, 9.17) is 9.94 Å². The van der Waals surface area contributed by atoms with Gasteiger partial charge in [0.05, 0.1) is 24.8 Å². The first-order valence-electron chi connectivity index (χ1n) is 5.81. The molecule has 2 rings (SSSR count). The van der Waals surface area contributed by atoms with Crippen LogP contribution in [0.2, 0.25) is 0 Å². The molecule has 4 heteroatoms. The topological polar surface area (TPSA) is 49.8 Å². The minimum atomic E-state index is -0.0553. The van der Waals surface area contributed by atoms with Gasteiger partial charge in [-0.3, -0.25) is 9.63 Å². The lowest BCUT2D eigenvalue weighted by Crippen LogP contribution is -2.24. The van der Waals surface area contributed by atoms with Crippen LogP contribution < -0.4 is 5.06 Å². The van der Waals surface area contributed by atoms with Crippen molar-refractivity contribution in [3.05, 3.63) is 29.8 Å². The Bertz CT molecular complexity index is 417. The molecule has 1 fully saturated rings. The molecule has 4 nitrogen and oxygen atoms in total. The average Bonchev–Trinajstić information content (AvgIpc) is 2.72. The molecule has 0 aliphatic carbocycles. The summed E-state index contributed by atoms with van der Waals surface area (Å²) >= 11 is 0. The molecule has 1 aliphatic rings. The van der Waals surface area contributed by atoms with Crippen LogP contribution in [0.5, 0.6) is 0 Å². The zero-order chi connectivity index (χ0) is 12.4. The Kier molecular flexibility index (Phi) is 3.45. The van der Waals surface area contributed by atoms with Gasteiger partial charge in [-0.15, -0.1) is 0 Å². The number of aliphatic hydroxyl groups excluding tert-OH is 1. The summed E-state index contributed by atoms with van der Waals surface area (Å²) in [5.74, 6) is 0.281. The maximum absolute atomic E-state index is 11.8. The van der Waals surface area contributed by atoms with Gasteiger partial charge in [-0.1, -0.05) is 26.0 Å². The van der Waals surface area contributed by atoms with Gasteiger partial charge >= 0.3 is 0 Å². The molecule has 1 unspecified atom stereocenters. The van der Waals surface area contributed by atoms with Crippen LogP contribution in [0, 0.1) is 5.92 Å². The fourth-order valence-electron chi connectivity index (χ4n) is 1.83. The largest absolute Gasteiger partial charge is 0.392 e. The second-order valence-corrected chi connectivity index (χ2v) is 4.61. The molecule has 0 aromatic heterocycles. The number of amides is 1. The van der Waals surface area contributed by atoms with Gasteiger partial charge in [0.15, 0.2) is 0 Å². The molecule has 1 aliphatic heterocycles. The highest BCUT2D eigenvalue weighted by atomic mass is 16.7. The predicted molar refractivity (Wildman–Crippen MR) is 64.2 cm³/mol. The van der Waals surface area contributed by atoms with E-state index in [0.717, 1.165) is 5.56 Å². The SMILES string of the molecule is CC(C)C1CC(=O)N(c2cccc(CO)c2)O1. The number of carbonyl (C=O) groups is 1. The van der Waals surface area contributed by atoms with Crippen molar-refractivity contribution in [3.63, 3.8) is 0 Å². The fourth-order valence-corrected chi connectivity index (χ4v) is 1.83. The number of anilines is 1. The molecule has 1 aromatic carbocycles. The fraction of sp³-hybridized carbons (Fsp3) is 0.462. The van der Waals surface area contributed by atoms with Crippen LogP contribution in [0.1, 0.15) is 25.8 Å². The highest BCUT2D eigenvalue weighted by molar-refractivity contribution is 5.93. The van der Waals surface area contributed by atoms with Crippen molar-refractivity contribution in [3.8, 4) is 0 Å². The number of aliphatic hydroxyl groups is 1. The Labute approximate surface area is 101 Å². The molecule has 1 aromatic rings. The molecule has 0 bridgehead atoms. The summed E-state index contributed by atoms with van der Waals surface area (Å²) in [6.45, 7) is 4.03. The summed E-state index contributed by atoms with van der Waals surface area (Å²) in [4.78, 5) is 17.5. The first-order valence-corrected chi connectivity index (χ1v) is 5.81. The Hall–Kier alpha value is -1.39. The van der Waals surface area contributed by atoms with Gasteiger partial charge in [-0.05, 0) is 23.6 Å². The van der Waals surface area contributed by atoms with E-state index in [9.17, 15) is 4.79 Å². The summed E-state index contributed by atoms with van der Waals surface area (Å²) < 4.78 is 0. The Morgan fingerprint density at radius 3 is 2.88 bits per heavy atom. The predicted octanol–water partition coefficient (Wildman–Crippen LogP) is 1.87. The molecule has 1 amide bonds. The van der Waals surface area contributed by atoms with Gasteiger partial charge in [-0.2, -0.15) is 5.06 Å². The lowest BCUT2D eigenvalue weighted by molar-refractivity contribution is -0.119. The number of benzene rings is 1. The van der Waals surface area contributed by atoms with Crippen molar-refractivity contribution in [1.82, 2.24) is 0 Å². The van der Waals surface area contributed by atoms with Crippen molar-refractivity contribution in [1.29, 1.82) is 0 Å². The standard InChI is InChI=1S/C13H17NO3/c1-9(2)12-7-13(16)14(17-12)11-5-3-4-10(6-11)8-15/h3-6,9,12,15H,7-8H2,1-2H3. The lowest BCUT2D eigenvalue weighted by atomic mass is 10.1. The molecule has 1 N–H and O–H groups in total. The summed E-state index contributed by atoms with van der Waals surface area (Å²) in [6, 6.07) is 7.19. The van der Waals surface area contributed by atoms with E-state index in [2.05, 4.69) is 0 Å². The van der Waals surface area contributed by atoms with Crippen LogP contribution >= 0.6 is 0 Å². The Balaban J connectivity index is 2.19. The summed E-state index contributed by atoms with van der Waals surface area (Å²) in [7, 11) is 0. The van der Waals surface area contributed by atoms with Crippen LogP contribution in [-0.2, 0) is 16.2 Å². The van der Waals surface area contributed by atoms with Gasteiger partial charge < -0.3 is 5.11 Å². The lowest BCUT2D eigenvalue weighted by Gasteiger charge is -2.18. The summed E-state index contributed by atoms with van der Waals surface area (Å²) in [5, 5.41) is 10.4. The van der Waals surface area contributed by atoms with E-state index in [1.165, 1.54) is 5.06 Å². The Morgan fingerprint density at radius 2 is 2.29 bits per heavy atom. The van der Waals surface area contributed by atoms with Gasteiger partial charge in [0, 0.05) is 0 Å².